The van der Waals surface area contributed by atoms with Crippen LogP contribution in [-0.2, 0) is 4.74 Å². The van der Waals surface area contributed by atoms with Crippen molar-refractivity contribution in [3.8, 4) is 0 Å². The summed E-state index contributed by atoms with van der Waals surface area (Å²) in [5.41, 5.74) is 0. The van der Waals surface area contributed by atoms with Crippen molar-refractivity contribution >= 4 is 0 Å². The zero-order valence-electron chi connectivity index (χ0n) is 11.9. The van der Waals surface area contributed by atoms with Crippen molar-refractivity contribution in [3.63, 3.8) is 0 Å². The summed E-state index contributed by atoms with van der Waals surface area (Å²) in [7, 11) is 2.05. The zero-order valence-corrected chi connectivity index (χ0v) is 11.9. The van der Waals surface area contributed by atoms with Gasteiger partial charge >= 0.3 is 0 Å². The van der Waals surface area contributed by atoms with E-state index in [-0.39, 0.29) is 0 Å². The molecule has 3 nitrogen and oxygen atoms in total. The monoisotopic (exact) mass is 242 g/mol. The van der Waals surface area contributed by atoms with Gasteiger partial charge in [0.15, 0.2) is 0 Å². The van der Waals surface area contributed by atoms with Gasteiger partial charge in [0, 0.05) is 13.2 Å². The van der Waals surface area contributed by atoms with E-state index in [4.69, 9.17) is 4.74 Å². The van der Waals surface area contributed by atoms with Gasteiger partial charge in [-0.2, -0.15) is 0 Å². The number of nitrogens with zero attached hydrogens (tertiary/aromatic N) is 1. The number of nitrogens with one attached hydrogen (secondary N) is 1. The molecule has 0 bridgehead atoms. The first-order chi connectivity index (χ1) is 8.22. The molecule has 1 saturated heterocycles. The molecule has 3 heteroatoms. The topological polar surface area (TPSA) is 24.5 Å². The lowest BCUT2D eigenvalue weighted by Gasteiger charge is -2.31. The smallest absolute Gasteiger partial charge is 0.0593 e. The third kappa shape index (κ3) is 7.02. The molecule has 0 aliphatic carbocycles. The molecule has 102 valence electrons. The molecule has 1 fully saturated rings. The highest BCUT2D eigenvalue weighted by molar-refractivity contribution is 4.73. The van der Waals surface area contributed by atoms with Gasteiger partial charge in [-0.15, -0.1) is 0 Å². The normalized spacial score (nSPS) is 19.1. The molecule has 0 aromatic heterocycles. The number of likely N-dealkylation sites (tertiary alicyclic amines) is 1. The van der Waals surface area contributed by atoms with Gasteiger partial charge in [-0.3, -0.25) is 0 Å². The highest BCUT2D eigenvalue weighted by Crippen LogP contribution is 2.15. The fourth-order valence-electron chi connectivity index (χ4n) is 2.32. The van der Waals surface area contributed by atoms with Crippen LogP contribution in [0.15, 0.2) is 0 Å². The minimum Gasteiger partial charge on any atom is -0.380 e. The van der Waals surface area contributed by atoms with Crippen LogP contribution in [0, 0.1) is 11.8 Å². The summed E-state index contributed by atoms with van der Waals surface area (Å²) in [4.78, 5) is 2.54. The van der Waals surface area contributed by atoms with E-state index in [2.05, 4.69) is 31.1 Å². The first kappa shape index (κ1) is 14.9. The van der Waals surface area contributed by atoms with Crippen molar-refractivity contribution in [1.82, 2.24) is 10.2 Å². The predicted molar refractivity (Wildman–Crippen MR) is 73.4 cm³/mol. The molecule has 17 heavy (non-hydrogen) atoms. The fraction of sp³-hybridized carbons (Fsp3) is 1.00. The van der Waals surface area contributed by atoms with E-state index in [1.165, 1.54) is 38.9 Å². The van der Waals surface area contributed by atoms with Crippen LogP contribution in [-0.4, -0.2) is 51.3 Å². The lowest BCUT2D eigenvalue weighted by Crippen LogP contribution is -2.38. The molecule has 1 aliphatic heterocycles. The summed E-state index contributed by atoms with van der Waals surface area (Å²) in [6, 6.07) is 0. The van der Waals surface area contributed by atoms with E-state index in [1.54, 1.807) is 0 Å². The maximum atomic E-state index is 5.67. The molecule has 0 amide bonds. The Bertz CT molecular complexity index is 177. The van der Waals surface area contributed by atoms with E-state index in [0.717, 1.165) is 31.6 Å². The number of hydrogen-bond acceptors (Lipinski definition) is 3. The second kappa shape index (κ2) is 8.90. The average molecular weight is 242 g/mol. The van der Waals surface area contributed by atoms with Gasteiger partial charge in [-0.25, -0.2) is 0 Å². The van der Waals surface area contributed by atoms with Gasteiger partial charge in [0.1, 0.15) is 0 Å². The number of hydrogen-bond donors (Lipinski definition) is 1. The molecule has 1 heterocycles. The maximum Gasteiger partial charge on any atom is 0.0593 e. The summed E-state index contributed by atoms with van der Waals surface area (Å²) in [5, 5.41) is 3.28. The molecule has 0 aromatic rings. The molecule has 0 unspecified atom stereocenters. The Morgan fingerprint density at radius 1 is 1.24 bits per heavy atom. The van der Waals surface area contributed by atoms with Crippen LogP contribution >= 0.6 is 0 Å². The van der Waals surface area contributed by atoms with Gasteiger partial charge in [-0.05, 0) is 57.8 Å². The minimum absolute atomic E-state index is 0.757. The Morgan fingerprint density at radius 2 is 1.94 bits per heavy atom. The molecule has 1 aliphatic rings. The fourth-order valence-corrected chi connectivity index (χ4v) is 2.32. The standard InChI is InChI=1S/C14H30N2O/c1-13(2)6-10-17-11-9-16-7-4-14(5-8-16)12-15-3/h13-15H,4-12H2,1-3H3. The molecular weight excluding hydrogens is 212 g/mol. The van der Waals surface area contributed by atoms with Crippen LogP contribution in [0.25, 0.3) is 0 Å². The van der Waals surface area contributed by atoms with E-state index in [9.17, 15) is 0 Å². The summed E-state index contributed by atoms with van der Waals surface area (Å²) in [6.45, 7) is 11.1. The molecule has 1 N–H and O–H groups in total. The number of piperidine rings is 1. The molecule has 0 aromatic carbocycles. The number of ether oxygens (including phenoxy) is 1. The quantitative estimate of drug-likeness (QED) is 0.659. The third-order valence-corrected chi connectivity index (χ3v) is 3.59. The second-order valence-corrected chi connectivity index (χ2v) is 5.64. The van der Waals surface area contributed by atoms with Crippen molar-refractivity contribution in [2.24, 2.45) is 11.8 Å². The van der Waals surface area contributed by atoms with Crippen LogP contribution in [0.4, 0.5) is 0 Å². The SMILES string of the molecule is CNCC1CCN(CCOCCC(C)C)CC1. The van der Waals surface area contributed by atoms with Crippen LogP contribution in [0.1, 0.15) is 33.1 Å². The Hall–Kier alpha value is -0.120. The number of rotatable bonds is 8. The van der Waals surface area contributed by atoms with Crippen molar-refractivity contribution in [2.45, 2.75) is 33.1 Å². The lowest BCUT2D eigenvalue weighted by atomic mass is 9.97. The van der Waals surface area contributed by atoms with Crippen LogP contribution in [0.2, 0.25) is 0 Å². The molecular formula is C14H30N2O. The van der Waals surface area contributed by atoms with Crippen LogP contribution in [0.5, 0.6) is 0 Å². The van der Waals surface area contributed by atoms with E-state index in [0.29, 0.717) is 0 Å². The van der Waals surface area contributed by atoms with Gasteiger partial charge < -0.3 is 15.0 Å². The Morgan fingerprint density at radius 3 is 2.53 bits per heavy atom. The van der Waals surface area contributed by atoms with Crippen molar-refractivity contribution in [3.05, 3.63) is 0 Å². The minimum atomic E-state index is 0.757. The Balaban J connectivity index is 1.95. The van der Waals surface area contributed by atoms with Crippen molar-refractivity contribution in [2.75, 3.05) is 46.4 Å². The first-order valence-electron chi connectivity index (χ1n) is 7.17. The maximum absolute atomic E-state index is 5.67. The van der Waals surface area contributed by atoms with Gasteiger partial charge in [0.2, 0.25) is 0 Å². The van der Waals surface area contributed by atoms with Gasteiger partial charge in [0.05, 0.1) is 6.61 Å². The third-order valence-electron chi connectivity index (χ3n) is 3.59. The van der Waals surface area contributed by atoms with Crippen LogP contribution < -0.4 is 5.32 Å². The van der Waals surface area contributed by atoms with E-state index in [1.807, 2.05) is 0 Å². The van der Waals surface area contributed by atoms with Gasteiger partial charge in [-0.1, -0.05) is 13.8 Å². The summed E-state index contributed by atoms with van der Waals surface area (Å²) in [5.74, 6) is 1.64. The predicted octanol–water partition coefficient (Wildman–Crippen LogP) is 1.98. The Kier molecular flexibility index (Phi) is 7.82. The first-order valence-corrected chi connectivity index (χ1v) is 7.17. The lowest BCUT2D eigenvalue weighted by molar-refractivity contribution is 0.0827. The second-order valence-electron chi connectivity index (χ2n) is 5.64. The molecule has 0 spiro atoms. The van der Waals surface area contributed by atoms with E-state index < -0.39 is 0 Å². The zero-order chi connectivity index (χ0) is 12.5. The molecule has 0 radical (unpaired) electrons. The summed E-state index contributed by atoms with van der Waals surface area (Å²) >= 11 is 0. The summed E-state index contributed by atoms with van der Waals surface area (Å²) in [6.07, 6.45) is 3.86. The average Bonchev–Trinajstić information content (AvgIpc) is 2.31. The van der Waals surface area contributed by atoms with Crippen molar-refractivity contribution < 1.29 is 4.74 Å². The highest BCUT2D eigenvalue weighted by atomic mass is 16.5. The largest absolute Gasteiger partial charge is 0.380 e. The Labute approximate surface area is 107 Å². The van der Waals surface area contributed by atoms with E-state index >= 15 is 0 Å². The highest BCUT2D eigenvalue weighted by Gasteiger charge is 2.17. The molecule has 0 saturated carbocycles. The molecule has 0 atom stereocenters. The summed E-state index contributed by atoms with van der Waals surface area (Å²) < 4.78 is 5.67. The molecule has 1 rings (SSSR count). The van der Waals surface area contributed by atoms with Crippen LogP contribution in [0.3, 0.4) is 0 Å². The van der Waals surface area contributed by atoms with Gasteiger partial charge in [0.25, 0.3) is 0 Å². The van der Waals surface area contributed by atoms with Crippen molar-refractivity contribution in [1.29, 1.82) is 0 Å².